The van der Waals surface area contributed by atoms with Crippen molar-refractivity contribution in [3.8, 4) is 5.75 Å². The topological polar surface area (TPSA) is 76.7 Å². The van der Waals surface area contributed by atoms with Crippen LogP contribution in [-0.2, 0) is 9.53 Å². The van der Waals surface area contributed by atoms with Gasteiger partial charge in [-0.25, -0.2) is 0 Å². The maximum absolute atomic E-state index is 12.2. The van der Waals surface area contributed by atoms with Crippen molar-refractivity contribution in [3.63, 3.8) is 0 Å². The number of ether oxygens (including phenoxy) is 2. The SMILES string of the molecule is COCCNC(=O)c1ccccc1NC(=O)COc1ccc(Cl)cc1Cl. The quantitative estimate of drug-likeness (QED) is 0.670. The fraction of sp³-hybridized carbons (Fsp3) is 0.222. The van der Waals surface area contributed by atoms with Gasteiger partial charge in [-0.1, -0.05) is 35.3 Å². The molecule has 0 unspecified atom stereocenters. The molecule has 0 heterocycles. The smallest absolute Gasteiger partial charge is 0.262 e. The number of carbonyl (C=O) groups excluding carboxylic acids is 2. The molecule has 2 amide bonds. The molecule has 0 aliphatic rings. The molecular formula is C18H18Cl2N2O4. The summed E-state index contributed by atoms with van der Waals surface area (Å²) in [5.41, 5.74) is 0.736. The molecule has 0 aromatic heterocycles. The first-order valence-electron chi connectivity index (χ1n) is 7.75. The van der Waals surface area contributed by atoms with E-state index < -0.39 is 5.91 Å². The lowest BCUT2D eigenvalue weighted by molar-refractivity contribution is -0.118. The van der Waals surface area contributed by atoms with Crippen LogP contribution in [-0.4, -0.2) is 38.7 Å². The number of rotatable bonds is 8. The summed E-state index contributed by atoms with van der Waals surface area (Å²) in [6.07, 6.45) is 0. The normalized spacial score (nSPS) is 10.3. The second-order valence-corrected chi connectivity index (χ2v) is 6.05. The van der Waals surface area contributed by atoms with Crippen LogP contribution in [0, 0.1) is 0 Å². The van der Waals surface area contributed by atoms with Gasteiger partial charge in [-0.15, -0.1) is 0 Å². The average molecular weight is 397 g/mol. The number of nitrogens with one attached hydrogen (secondary N) is 2. The van der Waals surface area contributed by atoms with E-state index in [1.54, 1.807) is 43.5 Å². The lowest BCUT2D eigenvalue weighted by atomic mass is 10.1. The first-order chi connectivity index (χ1) is 12.5. The van der Waals surface area contributed by atoms with Crippen molar-refractivity contribution >= 4 is 40.7 Å². The van der Waals surface area contributed by atoms with Crippen molar-refractivity contribution in [3.05, 3.63) is 58.1 Å². The summed E-state index contributed by atoms with van der Waals surface area (Å²) in [6, 6.07) is 11.4. The Balaban J connectivity index is 1.97. The number of hydrogen-bond donors (Lipinski definition) is 2. The molecule has 2 rings (SSSR count). The Hall–Kier alpha value is -2.28. The maximum atomic E-state index is 12.2. The number of benzene rings is 2. The van der Waals surface area contributed by atoms with Gasteiger partial charge in [0.25, 0.3) is 11.8 Å². The monoisotopic (exact) mass is 396 g/mol. The third kappa shape index (κ3) is 5.91. The minimum absolute atomic E-state index is 0.263. The van der Waals surface area contributed by atoms with Crippen molar-refractivity contribution in [2.24, 2.45) is 0 Å². The van der Waals surface area contributed by atoms with E-state index >= 15 is 0 Å². The third-order valence-electron chi connectivity index (χ3n) is 3.29. The van der Waals surface area contributed by atoms with Crippen LogP contribution < -0.4 is 15.4 Å². The van der Waals surface area contributed by atoms with Gasteiger partial charge in [0.2, 0.25) is 0 Å². The van der Waals surface area contributed by atoms with Crippen molar-refractivity contribution in [1.29, 1.82) is 0 Å². The van der Waals surface area contributed by atoms with Gasteiger partial charge in [0.1, 0.15) is 5.75 Å². The molecule has 0 radical (unpaired) electrons. The van der Waals surface area contributed by atoms with Gasteiger partial charge >= 0.3 is 0 Å². The van der Waals surface area contributed by atoms with Crippen molar-refractivity contribution in [2.45, 2.75) is 0 Å². The minimum atomic E-state index is -0.423. The molecule has 26 heavy (non-hydrogen) atoms. The van der Waals surface area contributed by atoms with Crippen LogP contribution in [0.5, 0.6) is 5.75 Å². The van der Waals surface area contributed by atoms with E-state index in [4.69, 9.17) is 32.7 Å². The predicted molar refractivity (Wildman–Crippen MR) is 101 cm³/mol. The van der Waals surface area contributed by atoms with Crippen LogP contribution >= 0.6 is 23.2 Å². The summed E-state index contributed by atoms with van der Waals surface area (Å²) in [7, 11) is 1.55. The van der Waals surface area contributed by atoms with E-state index in [1.807, 2.05) is 0 Å². The van der Waals surface area contributed by atoms with E-state index in [1.165, 1.54) is 6.07 Å². The molecule has 2 N–H and O–H groups in total. The molecule has 138 valence electrons. The van der Waals surface area contributed by atoms with Crippen molar-refractivity contribution in [2.75, 3.05) is 32.2 Å². The third-order valence-corrected chi connectivity index (χ3v) is 3.82. The lowest BCUT2D eigenvalue weighted by Gasteiger charge is -2.12. The minimum Gasteiger partial charge on any atom is -0.482 e. The van der Waals surface area contributed by atoms with Crippen molar-refractivity contribution in [1.82, 2.24) is 5.32 Å². The first kappa shape index (κ1) is 20.0. The predicted octanol–water partition coefficient (Wildman–Crippen LogP) is 3.39. The molecule has 2 aromatic rings. The summed E-state index contributed by atoms with van der Waals surface area (Å²) in [5, 5.41) is 6.15. The van der Waals surface area contributed by atoms with E-state index in [2.05, 4.69) is 10.6 Å². The van der Waals surface area contributed by atoms with E-state index in [9.17, 15) is 9.59 Å². The summed E-state index contributed by atoms with van der Waals surface area (Å²) in [6.45, 7) is 0.507. The number of halogens is 2. The van der Waals surface area contributed by atoms with Crippen LogP contribution in [0.3, 0.4) is 0 Å². The van der Waals surface area contributed by atoms with Crippen LogP contribution in [0.25, 0.3) is 0 Å². The van der Waals surface area contributed by atoms with Gasteiger partial charge in [-0.05, 0) is 30.3 Å². The molecule has 2 aromatic carbocycles. The number of hydrogen-bond acceptors (Lipinski definition) is 4. The molecule has 0 aliphatic carbocycles. The number of anilines is 1. The zero-order valence-electron chi connectivity index (χ0n) is 14.1. The fourth-order valence-electron chi connectivity index (χ4n) is 2.07. The van der Waals surface area contributed by atoms with Gasteiger partial charge in [0.15, 0.2) is 6.61 Å². The average Bonchev–Trinajstić information content (AvgIpc) is 2.61. The molecule has 0 atom stereocenters. The summed E-state index contributed by atoms with van der Waals surface area (Å²) in [5.74, 6) is -0.385. The standard InChI is InChI=1S/C18H18Cl2N2O4/c1-25-9-8-21-18(24)13-4-2-3-5-15(13)22-17(23)11-26-16-7-6-12(19)10-14(16)20/h2-7,10H,8-9,11H2,1H3,(H,21,24)(H,22,23). The highest BCUT2D eigenvalue weighted by molar-refractivity contribution is 6.35. The highest BCUT2D eigenvalue weighted by Gasteiger charge is 2.13. The highest BCUT2D eigenvalue weighted by Crippen LogP contribution is 2.27. The zero-order valence-corrected chi connectivity index (χ0v) is 15.6. The van der Waals surface area contributed by atoms with Gasteiger partial charge in [0, 0.05) is 18.7 Å². The molecule has 0 bridgehead atoms. The largest absolute Gasteiger partial charge is 0.482 e. The van der Waals surface area contributed by atoms with Gasteiger partial charge in [-0.2, -0.15) is 0 Å². The Labute approximate surface area is 161 Å². The first-order valence-corrected chi connectivity index (χ1v) is 8.50. The number of carbonyl (C=O) groups is 2. The fourth-order valence-corrected chi connectivity index (χ4v) is 2.54. The Morgan fingerprint density at radius 1 is 1.12 bits per heavy atom. The van der Waals surface area contributed by atoms with Crippen LogP contribution in [0.1, 0.15) is 10.4 Å². The Kier molecular flexibility index (Phi) is 7.72. The Morgan fingerprint density at radius 2 is 1.88 bits per heavy atom. The molecule has 0 spiro atoms. The van der Waals surface area contributed by atoms with Crippen LogP contribution in [0.15, 0.2) is 42.5 Å². The lowest BCUT2D eigenvalue weighted by Crippen LogP contribution is -2.29. The highest BCUT2D eigenvalue weighted by atomic mass is 35.5. The van der Waals surface area contributed by atoms with Crippen LogP contribution in [0.2, 0.25) is 10.0 Å². The van der Waals surface area contributed by atoms with Gasteiger partial charge < -0.3 is 20.1 Å². The Bertz CT molecular complexity index is 784. The molecule has 0 saturated carbocycles. The van der Waals surface area contributed by atoms with Gasteiger partial charge in [0.05, 0.1) is 22.9 Å². The summed E-state index contributed by atoms with van der Waals surface area (Å²) < 4.78 is 10.3. The van der Waals surface area contributed by atoms with E-state index in [-0.39, 0.29) is 12.5 Å². The second kappa shape index (κ2) is 10.0. The Morgan fingerprint density at radius 3 is 2.62 bits per heavy atom. The van der Waals surface area contributed by atoms with Crippen LogP contribution in [0.4, 0.5) is 5.69 Å². The summed E-state index contributed by atoms with van der Waals surface area (Å²) >= 11 is 11.8. The number of para-hydroxylation sites is 1. The molecule has 6 nitrogen and oxygen atoms in total. The van der Waals surface area contributed by atoms with Crippen molar-refractivity contribution < 1.29 is 19.1 Å². The summed E-state index contributed by atoms with van der Waals surface area (Å²) in [4.78, 5) is 24.3. The number of amides is 2. The maximum Gasteiger partial charge on any atom is 0.262 e. The molecule has 0 fully saturated rings. The molecular weight excluding hydrogens is 379 g/mol. The van der Waals surface area contributed by atoms with Gasteiger partial charge in [-0.3, -0.25) is 9.59 Å². The van der Waals surface area contributed by atoms with E-state index in [0.29, 0.717) is 40.2 Å². The molecule has 0 saturated heterocycles. The zero-order chi connectivity index (χ0) is 18.9. The van der Waals surface area contributed by atoms with E-state index in [0.717, 1.165) is 0 Å². The molecule has 0 aliphatic heterocycles. The second-order valence-electron chi connectivity index (χ2n) is 5.21. The molecule has 8 heteroatoms. The number of methoxy groups -OCH3 is 1.